The first-order chi connectivity index (χ1) is 9.56. The second-order valence-electron chi connectivity index (χ2n) is 6.30. The minimum atomic E-state index is 0.474. The van der Waals surface area contributed by atoms with Crippen molar-refractivity contribution < 1.29 is 0 Å². The predicted molar refractivity (Wildman–Crippen MR) is 84.0 cm³/mol. The number of fused-ring (bicyclic) bond motifs is 1. The maximum Gasteiger partial charge on any atom is 0.113 e. The highest BCUT2D eigenvalue weighted by Crippen LogP contribution is 2.42. The molecule has 1 aliphatic carbocycles. The third-order valence-electron chi connectivity index (χ3n) is 4.12. The lowest BCUT2D eigenvalue weighted by atomic mass is 10.2. The van der Waals surface area contributed by atoms with E-state index in [0.717, 1.165) is 24.2 Å². The van der Waals surface area contributed by atoms with Crippen molar-refractivity contribution in [2.45, 2.75) is 38.1 Å². The molecule has 0 radical (unpaired) electrons. The third-order valence-corrected chi connectivity index (χ3v) is 4.12. The lowest BCUT2D eigenvalue weighted by Crippen LogP contribution is -2.18. The SMILES string of the molecule is CC(CCN(C)C)n1c(C2CC2)nc2cc(N)ccc21. The predicted octanol–water partition coefficient (Wildman–Crippen LogP) is 3.01. The van der Waals surface area contributed by atoms with E-state index in [1.807, 2.05) is 12.1 Å². The molecule has 4 heteroatoms. The lowest BCUT2D eigenvalue weighted by molar-refractivity contribution is 0.357. The normalized spacial score (nSPS) is 17.0. The maximum atomic E-state index is 5.89. The number of imidazole rings is 1. The topological polar surface area (TPSA) is 47.1 Å². The van der Waals surface area contributed by atoms with E-state index >= 15 is 0 Å². The van der Waals surface area contributed by atoms with Crippen molar-refractivity contribution in [2.24, 2.45) is 0 Å². The molecule has 1 fully saturated rings. The minimum absolute atomic E-state index is 0.474. The fourth-order valence-corrected chi connectivity index (χ4v) is 2.80. The van der Waals surface area contributed by atoms with Crippen molar-refractivity contribution in [2.75, 3.05) is 26.4 Å². The van der Waals surface area contributed by atoms with Gasteiger partial charge in [0.15, 0.2) is 0 Å². The van der Waals surface area contributed by atoms with Crippen molar-refractivity contribution in [3.05, 3.63) is 24.0 Å². The van der Waals surface area contributed by atoms with E-state index in [2.05, 4.69) is 36.6 Å². The molecule has 1 saturated carbocycles. The van der Waals surface area contributed by atoms with Gasteiger partial charge < -0.3 is 15.2 Å². The summed E-state index contributed by atoms with van der Waals surface area (Å²) in [5.41, 5.74) is 8.96. The van der Waals surface area contributed by atoms with Gasteiger partial charge in [-0.25, -0.2) is 4.98 Å². The Morgan fingerprint density at radius 3 is 2.80 bits per heavy atom. The van der Waals surface area contributed by atoms with Crippen LogP contribution in [-0.4, -0.2) is 35.1 Å². The van der Waals surface area contributed by atoms with Crippen molar-refractivity contribution in [1.29, 1.82) is 0 Å². The number of aromatic nitrogens is 2. The Morgan fingerprint density at radius 2 is 2.15 bits per heavy atom. The minimum Gasteiger partial charge on any atom is -0.399 e. The Balaban J connectivity index is 2.00. The van der Waals surface area contributed by atoms with E-state index in [9.17, 15) is 0 Å². The summed E-state index contributed by atoms with van der Waals surface area (Å²) in [6.45, 7) is 3.40. The zero-order chi connectivity index (χ0) is 14.3. The van der Waals surface area contributed by atoms with Crippen molar-refractivity contribution in [1.82, 2.24) is 14.5 Å². The van der Waals surface area contributed by atoms with E-state index in [1.54, 1.807) is 0 Å². The smallest absolute Gasteiger partial charge is 0.113 e. The van der Waals surface area contributed by atoms with E-state index in [0.29, 0.717) is 12.0 Å². The van der Waals surface area contributed by atoms with Gasteiger partial charge >= 0.3 is 0 Å². The standard InChI is InChI=1S/C16H24N4/c1-11(8-9-19(2)3)20-15-7-6-13(17)10-14(15)18-16(20)12-4-5-12/h6-7,10-12H,4-5,8-9,17H2,1-3H3. The van der Waals surface area contributed by atoms with Crippen LogP contribution in [-0.2, 0) is 0 Å². The molecule has 1 aliphatic rings. The average molecular weight is 272 g/mol. The van der Waals surface area contributed by atoms with Crippen LogP contribution < -0.4 is 5.73 Å². The Labute approximate surface area is 120 Å². The van der Waals surface area contributed by atoms with Gasteiger partial charge in [-0.05, 0) is 65.0 Å². The fraction of sp³-hybridized carbons (Fsp3) is 0.562. The summed E-state index contributed by atoms with van der Waals surface area (Å²) in [6.07, 6.45) is 3.70. The van der Waals surface area contributed by atoms with Crippen LogP contribution in [0.1, 0.15) is 44.0 Å². The van der Waals surface area contributed by atoms with Crippen LogP contribution in [0.4, 0.5) is 5.69 Å². The summed E-state index contributed by atoms with van der Waals surface area (Å²) >= 11 is 0. The number of hydrogen-bond acceptors (Lipinski definition) is 3. The van der Waals surface area contributed by atoms with Gasteiger partial charge in [-0.15, -0.1) is 0 Å². The zero-order valence-corrected chi connectivity index (χ0v) is 12.6. The number of nitrogens with two attached hydrogens (primary N) is 1. The van der Waals surface area contributed by atoms with E-state index < -0.39 is 0 Å². The molecule has 0 spiro atoms. The highest BCUT2D eigenvalue weighted by atomic mass is 15.1. The van der Waals surface area contributed by atoms with Crippen LogP contribution >= 0.6 is 0 Å². The van der Waals surface area contributed by atoms with Crippen LogP contribution in [0.5, 0.6) is 0 Å². The molecule has 2 N–H and O–H groups in total. The van der Waals surface area contributed by atoms with Gasteiger partial charge in [0.25, 0.3) is 0 Å². The summed E-state index contributed by atoms with van der Waals surface area (Å²) in [7, 11) is 4.25. The number of hydrogen-bond donors (Lipinski definition) is 1. The van der Waals surface area contributed by atoms with Gasteiger partial charge in [0.2, 0.25) is 0 Å². The van der Waals surface area contributed by atoms with E-state index in [1.165, 1.54) is 24.2 Å². The average Bonchev–Trinajstić information content (AvgIpc) is 3.17. The molecule has 1 heterocycles. The van der Waals surface area contributed by atoms with Gasteiger partial charge in [0.05, 0.1) is 11.0 Å². The fourth-order valence-electron chi connectivity index (χ4n) is 2.80. The van der Waals surface area contributed by atoms with Crippen LogP contribution in [0.25, 0.3) is 11.0 Å². The summed E-state index contributed by atoms with van der Waals surface area (Å²) in [5.74, 6) is 1.92. The molecule has 0 saturated heterocycles. The number of rotatable bonds is 5. The first-order valence-corrected chi connectivity index (χ1v) is 7.48. The first kappa shape index (κ1) is 13.4. The Kier molecular flexibility index (Phi) is 3.42. The van der Waals surface area contributed by atoms with Gasteiger partial charge in [0, 0.05) is 17.6 Å². The van der Waals surface area contributed by atoms with Crippen molar-refractivity contribution in [3.8, 4) is 0 Å². The number of benzene rings is 1. The third kappa shape index (κ3) is 2.52. The summed E-state index contributed by atoms with van der Waals surface area (Å²) < 4.78 is 2.44. The molecule has 1 atom stereocenters. The van der Waals surface area contributed by atoms with Crippen LogP contribution in [0.3, 0.4) is 0 Å². The van der Waals surface area contributed by atoms with Crippen LogP contribution in [0.15, 0.2) is 18.2 Å². The van der Waals surface area contributed by atoms with Crippen LogP contribution in [0, 0.1) is 0 Å². The van der Waals surface area contributed by atoms with Gasteiger partial charge in [-0.3, -0.25) is 0 Å². The number of nitrogens with zero attached hydrogens (tertiary/aromatic N) is 3. The molecule has 108 valence electrons. The molecule has 1 aromatic heterocycles. The molecule has 2 aromatic rings. The molecule has 0 bridgehead atoms. The first-order valence-electron chi connectivity index (χ1n) is 7.48. The monoisotopic (exact) mass is 272 g/mol. The zero-order valence-electron chi connectivity index (χ0n) is 12.6. The molecule has 4 nitrogen and oxygen atoms in total. The molecule has 0 amide bonds. The molecular weight excluding hydrogens is 248 g/mol. The Hall–Kier alpha value is -1.55. The lowest BCUT2D eigenvalue weighted by Gasteiger charge is -2.19. The van der Waals surface area contributed by atoms with Crippen molar-refractivity contribution in [3.63, 3.8) is 0 Å². The van der Waals surface area contributed by atoms with Gasteiger partial charge in [-0.2, -0.15) is 0 Å². The summed E-state index contributed by atoms with van der Waals surface area (Å²) in [4.78, 5) is 7.09. The largest absolute Gasteiger partial charge is 0.399 e. The molecule has 3 rings (SSSR count). The summed E-state index contributed by atoms with van der Waals surface area (Å²) in [6, 6.07) is 6.57. The second-order valence-corrected chi connectivity index (χ2v) is 6.30. The second kappa shape index (κ2) is 5.09. The maximum absolute atomic E-state index is 5.89. The van der Waals surface area contributed by atoms with Crippen molar-refractivity contribution >= 4 is 16.7 Å². The highest BCUT2D eigenvalue weighted by Gasteiger charge is 2.30. The molecule has 1 aromatic carbocycles. The van der Waals surface area contributed by atoms with Gasteiger partial charge in [0.1, 0.15) is 5.82 Å². The Morgan fingerprint density at radius 1 is 1.40 bits per heavy atom. The highest BCUT2D eigenvalue weighted by molar-refractivity contribution is 5.80. The van der Waals surface area contributed by atoms with Crippen LogP contribution in [0.2, 0.25) is 0 Å². The number of anilines is 1. The number of nitrogen functional groups attached to an aromatic ring is 1. The Bertz CT molecular complexity index is 610. The quantitative estimate of drug-likeness (QED) is 0.851. The molecular formula is C16H24N4. The van der Waals surface area contributed by atoms with E-state index in [4.69, 9.17) is 10.7 Å². The summed E-state index contributed by atoms with van der Waals surface area (Å²) in [5, 5.41) is 0. The molecule has 20 heavy (non-hydrogen) atoms. The van der Waals surface area contributed by atoms with Gasteiger partial charge in [-0.1, -0.05) is 0 Å². The van der Waals surface area contributed by atoms with E-state index in [-0.39, 0.29) is 0 Å². The molecule has 1 unspecified atom stereocenters. The molecule has 0 aliphatic heterocycles.